The fraction of sp³-hybridized carbons (Fsp3) is 0.909. The van der Waals surface area contributed by atoms with E-state index in [2.05, 4.69) is 31.4 Å². The second-order valence-electron chi connectivity index (χ2n) is 5.30. The normalized spacial score (nSPS) is 18.1. The SMILES string of the molecule is CC(C)(C)CNC(=O)C1CCNCC1.Cl. The number of carbonyl (C=O) groups excluding carboxylic acids is 1. The number of hydrogen-bond donors (Lipinski definition) is 2. The van der Waals surface area contributed by atoms with Gasteiger partial charge in [-0.1, -0.05) is 20.8 Å². The van der Waals surface area contributed by atoms with Gasteiger partial charge >= 0.3 is 0 Å². The zero-order valence-electron chi connectivity index (χ0n) is 9.93. The second kappa shape index (κ2) is 6.33. The van der Waals surface area contributed by atoms with Crippen LogP contribution >= 0.6 is 12.4 Å². The van der Waals surface area contributed by atoms with Crippen molar-refractivity contribution in [1.29, 1.82) is 0 Å². The van der Waals surface area contributed by atoms with E-state index in [0.717, 1.165) is 32.5 Å². The van der Waals surface area contributed by atoms with Crippen LogP contribution in [0.25, 0.3) is 0 Å². The average molecular weight is 235 g/mol. The van der Waals surface area contributed by atoms with E-state index in [-0.39, 0.29) is 29.6 Å². The van der Waals surface area contributed by atoms with Gasteiger partial charge in [0, 0.05) is 12.5 Å². The zero-order valence-corrected chi connectivity index (χ0v) is 10.7. The number of hydrogen-bond acceptors (Lipinski definition) is 2. The van der Waals surface area contributed by atoms with Crippen molar-refractivity contribution < 1.29 is 4.79 Å². The molecule has 0 radical (unpaired) electrons. The van der Waals surface area contributed by atoms with E-state index in [0.29, 0.717) is 0 Å². The van der Waals surface area contributed by atoms with E-state index in [4.69, 9.17) is 0 Å². The Morgan fingerprint density at radius 3 is 2.33 bits per heavy atom. The number of halogens is 1. The van der Waals surface area contributed by atoms with Crippen molar-refractivity contribution in [3.8, 4) is 0 Å². The molecule has 0 aromatic rings. The van der Waals surface area contributed by atoms with Gasteiger partial charge in [0.2, 0.25) is 5.91 Å². The summed E-state index contributed by atoms with van der Waals surface area (Å²) >= 11 is 0. The monoisotopic (exact) mass is 234 g/mol. The van der Waals surface area contributed by atoms with Gasteiger partial charge in [0.05, 0.1) is 0 Å². The minimum Gasteiger partial charge on any atom is -0.355 e. The topological polar surface area (TPSA) is 41.1 Å². The minimum absolute atomic E-state index is 0. The van der Waals surface area contributed by atoms with Crippen molar-refractivity contribution >= 4 is 18.3 Å². The Labute approximate surface area is 98.8 Å². The number of piperidine rings is 1. The van der Waals surface area contributed by atoms with Crippen molar-refractivity contribution in [1.82, 2.24) is 10.6 Å². The van der Waals surface area contributed by atoms with Crippen LogP contribution in [0.15, 0.2) is 0 Å². The van der Waals surface area contributed by atoms with Gasteiger partial charge in [-0.3, -0.25) is 4.79 Å². The lowest BCUT2D eigenvalue weighted by Gasteiger charge is -2.24. The lowest BCUT2D eigenvalue weighted by Crippen LogP contribution is -2.40. The molecule has 1 aliphatic heterocycles. The van der Waals surface area contributed by atoms with Gasteiger partial charge in [-0.2, -0.15) is 0 Å². The highest BCUT2D eigenvalue weighted by Crippen LogP contribution is 2.14. The molecule has 0 aromatic carbocycles. The predicted octanol–water partition coefficient (Wildman–Crippen LogP) is 1.57. The number of rotatable bonds is 2. The first-order valence-corrected chi connectivity index (χ1v) is 5.47. The predicted molar refractivity (Wildman–Crippen MR) is 65.3 cm³/mol. The van der Waals surface area contributed by atoms with E-state index in [1.807, 2.05) is 0 Å². The fourth-order valence-electron chi connectivity index (χ4n) is 1.58. The summed E-state index contributed by atoms with van der Waals surface area (Å²) in [5, 5.41) is 6.29. The summed E-state index contributed by atoms with van der Waals surface area (Å²) in [4.78, 5) is 11.7. The summed E-state index contributed by atoms with van der Waals surface area (Å²) in [5.41, 5.74) is 0.183. The van der Waals surface area contributed by atoms with Crippen LogP contribution in [0.1, 0.15) is 33.6 Å². The summed E-state index contributed by atoms with van der Waals surface area (Å²) in [6.45, 7) is 9.14. The Kier molecular flexibility index (Phi) is 6.22. The van der Waals surface area contributed by atoms with Crippen molar-refractivity contribution in [2.75, 3.05) is 19.6 Å². The van der Waals surface area contributed by atoms with Crippen molar-refractivity contribution in [2.45, 2.75) is 33.6 Å². The molecule has 0 bridgehead atoms. The molecule has 0 atom stereocenters. The van der Waals surface area contributed by atoms with E-state index in [1.165, 1.54) is 0 Å². The van der Waals surface area contributed by atoms with E-state index in [1.54, 1.807) is 0 Å². The summed E-state index contributed by atoms with van der Waals surface area (Å²) in [6.07, 6.45) is 1.96. The first-order valence-electron chi connectivity index (χ1n) is 5.47. The first-order chi connectivity index (χ1) is 6.49. The molecular weight excluding hydrogens is 212 g/mol. The van der Waals surface area contributed by atoms with Crippen LogP contribution in [-0.2, 0) is 4.79 Å². The molecule has 90 valence electrons. The molecule has 0 saturated carbocycles. The molecule has 15 heavy (non-hydrogen) atoms. The Morgan fingerprint density at radius 1 is 1.33 bits per heavy atom. The van der Waals surface area contributed by atoms with E-state index < -0.39 is 0 Å². The zero-order chi connectivity index (χ0) is 10.6. The number of carbonyl (C=O) groups is 1. The molecule has 1 aliphatic rings. The first kappa shape index (κ1) is 14.7. The highest BCUT2D eigenvalue weighted by Gasteiger charge is 2.21. The maximum atomic E-state index is 11.7. The molecule has 1 heterocycles. The molecule has 1 rings (SSSR count). The van der Waals surface area contributed by atoms with Gasteiger partial charge in [0.25, 0.3) is 0 Å². The quantitative estimate of drug-likeness (QED) is 0.762. The van der Waals surface area contributed by atoms with E-state index in [9.17, 15) is 4.79 Å². The lowest BCUT2D eigenvalue weighted by atomic mass is 9.94. The minimum atomic E-state index is 0. The molecule has 0 unspecified atom stereocenters. The standard InChI is InChI=1S/C11H22N2O.ClH/c1-11(2,3)8-13-10(14)9-4-6-12-7-5-9;/h9,12H,4-8H2,1-3H3,(H,13,14);1H. The summed E-state index contributed by atoms with van der Waals surface area (Å²) < 4.78 is 0. The molecule has 1 fully saturated rings. The van der Waals surface area contributed by atoms with Crippen LogP contribution in [0.4, 0.5) is 0 Å². The summed E-state index contributed by atoms with van der Waals surface area (Å²) in [5.74, 6) is 0.472. The Morgan fingerprint density at radius 2 is 1.87 bits per heavy atom. The Hall–Kier alpha value is -0.280. The second-order valence-corrected chi connectivity index (χ2v) is 5.30. The van der Waals surface area contributed by atoms with Crippen molar-refractivity contribution in [3.63, 3.8) is 0 Å². The van der Waals surface area contributed by atoms with Crippen LogP contribution in [0.3, 0.4) is 0 Å². The van der Waals surface area contributed by atoms with Gasteiger partial charge < -0.3 is 10.6 Å². The van der Waals surface area contributed by atoms with Crippen molar-refractivity contribution in [2.24, 2.45) is 11.3 Å². The molecule has 2 N–H and O–H groups in total. The van der Waals surface area contributed by atoms with Crippen LogP contribution < -0.4 is 10.6 Å². The molecule has 0 aliphatic carbocycles. The highest BCUT2D eigenvalue weighted by atomic mass is 35.5. The third-order valence-corrected chi connectivity index (χ3v) is 2.50. The molecule has 0 aromatic heterocycles. The fourth-order valence-corrected chi connectivity index (χ4v) is 1.58. The maximum absolute atomic E-state index is 11.7. The molecule has 0 spiro atoms. The van der Waals surface area contributed by atoms with Gasteiger partial charge in [-0.15, -0.1) is 12.4 Å². The number of nitrogens with one attached hydrogen (secondary N) is 2. The molecule has 1 amide bonds. The van der Waals surface area contributed by atoms with Gasteiger partial charge in [0.1, 0.15) is 0 Å². The van der Waals surface area contributed by atoms with Crippen LogP contribution in [0, 0.1) is 11.3 Å². The molecule has 1 saturated heterocycles. The largest absolute Gasteiger partial charge is 0.355 e. The summed E-state index contributed by atoms with van der Waals surface area (Å²) in [6, 6.07) is 0. The maximum Gasteiger partial charge on any atom is 0.223 e. The molecule has 3 nitrogen and oxygen atoms in total. The third kappa shape index (κ3) is 6.00. The summed E-state index contributed by atoms with van der Waals surface area (Å²) in [7, 11) is 0. The van der Waals surface area contributed by atoms with Crippen LogP contribution in [0.2, 0.25) is 0 Å². The van der Waals surface area contributed by atoms with Crippen molar-refractivity contribution in [3.05, 3.63) is 0 Å². The van der Waals surface area contributed by atoms with Crippen LogP contribution in [-0.4, -0.2) is 25.5 Å². The molecule has 4 heteroatoms. The van der Waals surface area contributed by atoms with E-state index >= 15 is 0 Å². The van der Waals surface area contributed by atoms with Crippen LogP contribution in [0.5, 0.6) is 0 Å². The Balaban J connectivity index is 0.00000196. The smallest absolute Gasteiger partial charge is 0.223 e. The van der Waals surface area contributed by atoms with Gasteiger partial charge in [-0.05, 0) is 31.3 Å². The van der Waals surface area contributed by atoms with Gasteiger partial charge in [-0.25, -0.2) is 0 Å². The van der Waals surface area contributed by atoms with Gasteiger partial charge in [0.15, 0.2) is 0 Å². The lowest BCUT2D eigenvalue weighted by molar-refractivity contribution is -0.126. The molecular formula is C11H23ClN2O. The number of amides is 1. The average Bonchev–Trinajstić information content (AvgIpc) is 2.14. The Bertz CT molecular complexity index is 195. The highest BCUT2D eigenvalue weighted by molar-refractivity contribution is 5.85. The third-order valence-electron chi connectivity index (χ3n) is 2.50.